The van der Waals surface area contributed by atoms with Crippen molar-refractivity contribution in [3.05, 3.63) is 46.8 Å². The van der Waals surface area contributed by atoms with E-state index in [1.807, 2.05) is 36.6 Å². The highest BCUT2D eigenvalue weighted by atomic mass is 79.9. The molecule has 1 N–H and O–H groups in total. The predicted octanol–water partition coefficient (Wildman–Crippen LogP) is 3.56. The van der Waals surface area contributed by atoms with Gasteiger partial charge in [-0.05, 0) is 37.6 Å². The van der Waals surface area contributed by atoms with Gasteiger partial charge in [0, 0.05) is 29.1 Å². The van der Waals surface area contributed by atoms with Gasteiger partial charge in [-0.1, -0.05) is 27.7 Å². The molecule has 0 radical (unpaired) electrons. The number of aryl methyl sites for hydroxylation is 1. The van der Waals surface area contributed by atoms with E-state index in [9.17, 15) is 4.79 Å². The first-order valence-corrected chi connectivity index (χ1v) is 9.74. The fraction of sp³-hybridized carbons (Fsp3) is 0.235. The largest absolute Gasteiger partial charge is 0.325 e. The molecule has 2 aromatic heterocycles. The zero-order valence-corrected chi connectivity index (χ0v) is 16.7. The Kier molecular flexibility index (Phi) is 6.00. The number of amides is 1. The van der Waals surface area contributed by atoms with Gasteiger partial charge in [0.05, 0.1) is 11.9 Å². The number of hydrogen-bond donors (Lipinski definition) is 1. The highest BCUT2D eigenvalue weighted by molar-refractivity contribution is 9.10. The number of benzene rings is 1. The van der Waals surface area contributed by atoms with Crippen molar-refractivity contribution in [2.45, 2.75) is 25.5 Å². The third kappa shape index (κ3) is 4.28. The van der Waals surface area contributed by atoms with Crippen molar-refractivity contribution >= 4 is 39.3 Å². The van der Waals surface area contributed by atoms with E-state index >= 15 is 0 Å². The first-order valence-electron chi connectivity index (χ1n) is 7.97. The molecule has 134 valence electrons. The summed E-state index contributed by atoms with van der Waals surface area (Å²) < 4.78 is 2.93. The molecular formula is C17H17BrN6OS. The number of thioether (sulfide) groups is 1. The van der Waals surface area contributed by atoms with Gasteiger partial charge in [-0.15, -0.1) is 10.2 Å². The maximum absolute atomic E-state index is 12.2. The van der Waals surface area contributed by atoms with Gasteiger partial charge >= 0.3 is 0 Å². The van der Waals surface area contributed by atoms with Gasteiger partial charge in [0.25, 0.3) is 0 Å². The van der Waals surface area contributed by atoms with E-state index in [4.69, 9.17) is 0 Å². The summed E-state index contributed by atoms with van der Waals surface area (Å²) in [6, 6.07) is 5.70. The van der Waals surface area contributed by atoms with Crippen LogP contribution in [-0.4, -0.2) is 36.4 Å². The number of carbonyl (C=O) groups excluding carboxylic acids is 1. The van der Waals surface area contributed by atoms with Gasteiger partial charge in [0.1, 0.15) is 5.69 Å². The number of nitrogens with zero attached hydrogens (tertiary/aromatic N) is 5. The molecule has 1 aromatic carbocycles. The van der Waals surface area contributed by atoms with Gasteiger partial charge in [0.2, 0.25) is 5.91 Å². The number of nitrogens with one attached hydrogen (secondary N) is 1. The quantitative estimate of drug-likeness (QED) is 0.599. The molecule has 26 heavy (non-hydrogen) atoms. The molecule has 0 saturated carbocycles. The van der Waals surface area contributed by atoms with E-state index in [1.165, 1.54) is 11.8 Å². The monoisotopic (exact) mass is 432 g/mol. The lowest BCUT2D eigenvalue weighted by Crippen LogP contribution is -2.14. The maximum atomic E-state index is 12.2. The molecule has 7 nitrogen and oxygen atoms in total. The van der Waals surface area contributed by atoms with Crippen LogP contribution in [0.2, 0.25) is 0 Å². The second-order valence-electron chi connectivity index (χ2n) is 5.44. The van der Waals surface area contributed by atoms with E-state index in [0.717, 1.165) is 15.7 Å². The molecule has 1 amide bonds. The van der Waals surface area contributed by atoms with E-state index in [0.29, 0.717) is 23.2 Å². The molecule has 0 aliphatic rings. The standard InChI is InChI=1S/C17H17BrN6OS/c1-3-24-16(14-9-19-6-7-20-14)22-23-17(24)26-10-15(25)21-12-4-5-13(18)11(2)8-12/h4-9H,3,10H2,1-2H3,(H,21,25). The Balaban J connectivity index is 1.67. The highest BCUT2D eigenvalue weighted by Gasteiger charge is 2.15. The molecule has 0 bridgehead atoms. The van der Waals surface area contributed by atoms with Gasteiger partial charge in [-0.2, -0.15) is 0 Å². The van der Waals surface area contributed by atoms with E-state index in [-0.39, 0.29) is 11.7 Å². The number of anilines is 1. The Morgan fingerprint density at radius 1 is 1.31 bits per heavy atom. The normalized spacial score (nSPS) is 10.7. The van der Waals surface area contributed by atoms with Crippen LogP contribution >= 0.6 is 27.7 Å². The molecule has 0 atom stereocenters. The highest BCUT2D eigenvalue weighted by Crippen LogP contribution is 2.23. The van der Waals surface area contributed by atoms with Gasteiger partial charge < -0.3 is 9.88 Å². The summed E-state index contributed by atoms with van der Waals surface area (Å²) >= 11 is 4.79. The van der Waals surface area contributed by atoms with Crippen LogP contribution in [0.5, 0.6) is 0 Å². The Morgan fingerprint density at radius 3 is 2.85 bits per heavy atom. The van der Waals surface area contributed by atoms with Crippen LogP contribution < -0.4 is 5.32 Å². The second kappa shape index (κ2) is 8.41. The van der Waals surface area contributed by atoms with Crippen LogP contribution in [0, 0.1) is 6.92 Å². The average molecular weight is 433 g/mol. The van der Waals surface area contributed by atoms with Crippen molar-refractivity contribution in [2.75, 3.05) is 11.1 Å². The summed E-state index contributed by atoms with van der Waals surface area (Å²) in [4.78, 5) is 20.6. The molecule has 0 unspecified atom stereocenters. The zero-order chi connectivity index (χ0) is 18.5. The summed E-state index contributed by atoms with van der Waals surface area (Å²) in [6.07, 6.45) is 4.87. The van der Waals surface area contributed by atoms with Crippen molar-refractivity contribution in [1.82, 2.24) is 24.7 Å². The van der Waals surface area contributed by atoms with Crippen LogP contribution in [0.15, 0.2) is 46.4 Å². The van der Waals surface area contributed by atoms with Gasteiger partial charge in [-0.25, -0.2) is 4.98 Å². The Labute approximate surface area is 163 Å². The molecule has 0 saturated heterocycles. The maximum Gasteiger partial charge on any atom is 0.234 e. The molecule has 0 fully saturated rings. The molecule has 3 aromatic rings. The van der Waals surface area contributed by atoms with Crippen molar-refractivity contribution in [2.24, 2.45) is 0 Å². The average Bonchev–Trinajstić information content (AvgIpc) is 3.07. The smallest absolute Gasteiger partial charge is 0.234 e. The Hall–Kier alpha value is -2.26. The fourth-order valence-electron chi connectivity index (χ4n) is 2.33. The van der Waals surface area contributed by atoms with Crippen LogP contribution in [0.25, 0.3) is 11.5 Å². The number of halogens is 1. The second-order valence-corrected chi connectivity index (χ2v) is 7.24. The van der Waals surface area contributed by atoms with Gasteiger partial charge in [0.15, 0.2) is 11.0 Å². The molecular weight excluding hydrogens is 416 g/mol. The lowest BCUT2D eigenvalue weighted by molar-refractivity contribution is -0.113. The minimum atomic E-state index is -0.0940. The Morgan fingerprint density at radius 2 is 2.15 bits per heavy atom. The number of rotatable bonds is 6. The van der Waals surface area contributed by atoms with Gasteiger partial charge in [-0.3, -0.25) is 9.78 Å². The topological polar surface area (TPSA) is 85.6 Å². The van der Waals surface area contributed by atoms with E-state index in [1.54, 1.807) is 18.6 Å². The molecule has 3 rings (SSSR count). The Bertz CT molecular complexity index is 915. The molecule has 0 aliphatic heterocycles. The SMILES string of the molecule is CCn1c(SCC(=O)Nc2ccc(Br)c(C)c2)nnc1-c1cnccn1. The molecule has 0 spiro atoms. The zero-order valence-electron chi connectivity index (χ0n) is 14.3. The minimum Gasteiger partial charge on any atom is -0.325 e. The van der Waals surface area contributed by atoms with Crippen LogP contribution in [0.1, 0.15) is 12.5 Å². The van der Waals surface area contributed by atoms with E-state index in [2.05, 4.69) is 41.4 Å². The summed E-state index contributed by atoms with van der Waals surface area (Å²) in [5, 5.41) is 12.0. The molecule has 2 heterocycles. The van der Waals surface area contributed by atoms with Crippen LogP contribution in [0.4, 0.5) is 5.69 Å². The van der Waals surface area contributed by atoms with E-state index < -0.39 is 0 Å². The van der Waals surface area contributed by atoms with Crippen LogP contribution in [-0.2, 0) is 11.3 Å². The third-order valence-electron chi connectivity index (χ3n) is 3.60. The fourth-order valence-corrected chi connectivity index (χ4v) is 3.38. The number of hydrogen-bond acceptors (Lipinski definition) is 6. The summed E-state index contributed by atoms with van der Waals surface area (Å²) in [5.74, 6) is 0.795. The minimum absolute atomic E-state index is 0.0940. The van der Waals surface area contributed by atoms with Crippen molar-refractivity contribution < 1.29 is 4.79 Å². The van der Waals surface area contributed by atoms with Crippen molar-refractivity contribution in [3.8, 4) is 11.5 Å². The summed E-state index contributed by atoms with van der Waals surface area (Å²) in [6.45, 7) is 4.65. The molecule has 9 heteroatoms. The number of aromatic nitrogens is 5. The first kappa shape index (κ1) is 18.5. The van der Waals surface area contributed by atoms with Crippen molar-refractivity contribution in [3.63, 3.8) is 0 Å². The third-order valence-corrected chi connectivity index (χ3v) is 5.46. The molecule has 0 aliphatic carbocycles. The summed E-state index contributed by atoms with van der Waals surface area (Å²) in [5.41, 5.74) is 2.49. The summed E-state index contributed by atoms with van der Waals surface area (Å²) in [7, 11) is 0. The first-order chi connectivity index (χ1) is 12.6. The lowest BCUT2D eigenvalue weighted by Gasteiger charge is -2.08. The van der Waals surface area contributed by atoms with Crippen molar-refractivity contribution in [1.29, 1.82) is 0 Å². The lowest BCUT2D eigenvalue weighted by atomic mass is 10.2. The predicted molar refractivity (Wildman–Crippen MR) is 105 cm³/mol. The van der Waals surface area contributed by atoms with Crippen LogP contribution in [0.3, 0.4) is 0 Å². The number of carbonyl (C=O) groups is 1.